The summed E-state index contributed by atoms with van der Waals surface area (Å²) in [6, 6.07) is 8.37. The Morgan fingerprint density at radius 1 is 1.08 bits per heavy atom. The van der Waals surface area contributed by atoms with Crippen LogP contribution in [0.5, 0.6) is 0 Å². The van der Waals surface area contributed by atoms with Gasteiger partial charge < -0.3 is 9.73 Å². The van der Waals surface area contributed by atoms with Gasteiger partial charge in [-0.25, -0.2) is 13.6 Å². The molecule has 6 heteroatoms. The molecule has 2 aromatic carbocycles. The third-order valence-electron chi connectivity index (χ3n) is 4.19. The standard InChI is InChI=1S/C20H17F2NO3/c1-11-3-4-16-12(2)17(20(25)26-18(16)7-11)5-6-19(24)23-15-9-13(21)8-14(22)10-15/h3-4,7-10H,5-6H2,1-2H3,(H,23,24). The van der Waals surface area contributed by atoms with Crippen LogP contribution < -0.4 is 10.9 Å². The lowest BCUT2D eigenvalue weighted by Gasteiger charge is -2.09. The number of rotatable bonds is 4. The van der Waals surface area contributed by atoms with E-state index in [1.165, 1.54) is 0 Å². The third-order valence-corrected chi connectivity index (χ3v) is 4.19. The van der Waals surface area contributed by atoms with E-state index in [4.69, 9.17) is 4.42 Å². The Hall–Kier alpha value is -3.02. The van der Waals surface area contributed by atoms with Crippen LogP contribution >= 0.6 is 0 Å². The highest BCUT2D eigenvalue weighted by atomic mass is 19.1. The SMILES string of the molecule is Cc1ccc2c(C)c(CCC(=O)Nc3cc(F)cc(F)c3)c(=O)oc2c1. The summed E-state index contributed by atoms with van der Waals surface area (Å²) in [4.78, 5) is 24.3. The van der Waals surface area contributed by atoms with Crippen molar-refractivity contribution < 1.29 is 18.0 Å². The molecule has 0 bridgehead atoms. The number of hydrogen-bond donors (Lipinski definition) is 1. The zero-order valence-corrected chi connectivity index (χ0v) is 14.4. The van der Waals surface area contributed by atoms with Gasteiger partial charge in [-0.1, -0.05) is 12.1 Å². The fraction of sp³-hybridized carbons (Fsp3) is 0.200. The average Bonchev–Trinajstić information content (AvgIpc) is 2.53. The van der Waals surface area contributed by atoms with Gasteiger partial charge in [0.05, 0.1) is 0 Å². The normalized spacial score (nSPS) is 10.9. The number of fused-ring (bicyclic) bond motifs is 1. The van der Waals surface area contributed by atoms with Crippen LogP contribution in [0.25, 0.3) is 11.0 Å². The number of hydrogen-bond acceptors (Lipinski definition) is 3. The monoisotopic (exact) mass is 357 g/mol. The summed E-state index contributed by atoms with van der Waals surface area (Å²) in [6.07, 6.45) is 0.155. The molecule has 1 heterocycles. The second-order valence-corrected chi connectivity index (χ2v) is 6.20. The first-order chi connectivity index (χ1) is 12.3. The van der Waals surface area contributed by atoms with Crippen LogP contribution in [-0.4, -0.2) is 5.91 Å². The molecule has 0 unspecified atom stereocenters. The molecule has 0 aliphatic heterocycles. The van der Waals surface area contributed by atoms with Gasteiger partial charge in [-0.3, -0.25) is 4.79 Å². The van der Waals surface area contributed by atoms with Crippen molar-refractivity contribution in [1.82, 2.24) is 0 Å². The molecule has 1 amide bonds. The number of carbonyl (C=O) groups excluding carboxylic acids is 1. The topological polar surface area (TPSA) is 59.3 Å². The summed E-state index contributed by atoms with van der Waals surface area (Å²) in [5.41, 5.74) is 2.23. The fourth-order valence-corrected chi connectivity index (χ4v) is 2.88. The molecule has 0 aliphatic rings. The van der Waals surface area contributed by atoms with E-state index in [0.29, 0.717) is 11.1 Å². The van der Waals surface area contributed by atoms with Gasteiger partial charge in [-0.05, 0) is 49.6 Å². The number of anilines is 1. The smallest absolute Gasteiger partial charge is 0.339 e. The highest BCUT2D eigenvalue weighted by Crippen LogP contribution is 2.21. The van der Waals surface area contributed by atoms with Gasteiger partial charge in [0, 0.05) is 29.1 Å². The molecule has 0 spiro atoms. The number of benzene rings is 2. The van der Waals surface area contributed by atoms with Gasteiger partial charge in [0.25, 0.3) is 0 Å². The van der Waals surface area contributed by atoms with Crippen molar-refractivity contribution >= 4 is 22.6 Å². The molecule has 0 saturated heterocycles. The van der Waals surface area contributed by atoms with Crippen LogP contribution in [0.15, 0.2) is 45.6 Å². The number of aryl methyl sites for hydroxylation is 2. The van der Waals surface area contributed by atoms with Crippen LogP contribution in [0, 0.1) is 25.5 Å². The third kappa shape index (κ3) is 3.79. The molecule has 0 aliphatic carbocycles. The number of carbonyl (C=O) groups is 1. The molecule has 3 rings (SSSR count). The second kappa shape index (κ2) is 7.07. The van der Waals surface area contributed by atoms with Gasteiger partial charge in [0.15, 0.2) is 0 Å². The van der Waals surface area contributed by atoms with E-state index in [2.05, 4.69) is 5.32 Å². The first kappa shape index (κ1) is 17.8. The summed E-state index contributed by atoms with van der Waals surface area (Å²) >= 11 is 0. The van der Waals surface area contributed by atoms with E-state index in [-0.39, 0.29) is 18.5 Å². The quantitative estimate of drug-likeness (QED) is 0.710. The summed E-state index contributed by atoms with van der Waals surface area (Å²) in [5.74, 6) is -2.00. The molecule has 134 valence electrons. The molecular weight excluding hydrogens is 340 g/mol. The maximum Gasteiger partial charge on any atom is 0.339 e. The summed E-state index contributed by atoms with van der Waals surface area (Å²) < 4.78 is 31.7. The van der Waals surface area contributed by atoms with E-state index >= 15 is 0 Å². The van der Waals surface area contributed by atoms with E-state index < -0.39 is 23.2 Å². The predicted molar refractivity (Wildman–Crippen MR) is 95.3 cm³/mol. The zero-order valence-electron chi connectivity index (χ0n) is 14.4. The van der Waals surface area contributed by atoms with Crippen LogP contribution in [0.1, 0.15) is 23.1 Å². The molecule has 4 nitrogen and oxygen atoms in total. The Kier molecular flexibility index (Phi) is 4.84. The predicted octanol–water partition coefficient (Wildman–Crippen LogP) is 4.26. The van der Waals surface area contributed by atoms with E-state index in [1.807, 2.05) is 26.0 Å². The lowest BCUT2D eigenvalue weighted by Crippen LogP contribution is -2.16. The Balaban J connectivity index is 1.78. The molecule has 1 N–H and O–H groups in total. The Labute approximate surface area is 148 Å². The van der Waals surface area contributed by atoms with Crippen molar-refractivity contribution in [2.45, 2.75) is 26.7 Å². The number of amides is 1. The zero-order chi connectivity index (χ0) is 18.8. The van der Waals surface area contributed by atoms with E-state index in [1.54, 1.807) is 6.07 Å². The summed E-state index contributed by atoms with van der Waals surface area (Å²) in [5, 5.41) is 3.24. The highest BCUT2D eigenvalue weighted by molar-refractivity contribution is 5.91. The van der Waals surface area contributed by atoms with Crippen molar-refractivity contribution in [3.05, 3.63) is 75.1 Å². The van der Waals surface area contributed by atoms with Crippen molar-refractivity contribution in [1.29, 1.82) is 0 Å². The Bertz CT molecular complexity index is 1040. The largest absolute Gasteiger partial charge is 0.423 e. The molecule has 3 aromatic rings. The molecule has 0 radical (unpaired) electrons. The van der Waals surface area contributed by atoms with Crippen molar-refractivity contribution in [3.8, 4) is 0 Å². The van der Waals surface area contributed by atoms with Gasteiger partial charge in [0.2, 0.25) is 5.91 Å². The van der Waals surface area contributed by atoms with Crippen LogP contribution in [0.3, 0.4) is 0 Å². The molecular formula is C20H17F2NO3. The minimum atomic E-state index is -0.776. The molecule has 1 aromatic heterocycles. The van der Waals surface area contributed by atoms with E-state index in [0.717, 1.165) is 34.7 Å². The maximum atomic E-state index is 13.2. The maximum absolute atomic E-state index is 13.2. The number of nitrogens with one attached hydrogen (secondary N) is 1. The van der Waals surface area contributed by atoms with Crippen LogP contribution in [0.2, 0.25) is 0 Å². The van der Waals surface area contributed by atoms with Gasteiger partial charge in [0.1, 0.15) is 17.2 Å². The van der Waals surface area contributed by atoms with E-state index in [9.17, 15) is 18.4 Å². The first-order valence-corrected chi connectivity index (χ1v) is 8.12. The van der Waals surface area contributed by atoms with Crippen molar-refractivity contribution in [3.63, 3.8) is 0 Å². The van der Waals surface area contributed by atoms with Crippen LogP contribution in [0.4, 0.5) is 14.5 Å². The molecule has 26 heavy (non-hydrogen) atoms. The molecule has 0 fully saturated rings. The van der Waals surface area contributed by atoms with Crippen molar-refractivity contribution in [2.24, 2.45) is 0 Å². The second-order valence-electron chi connectivity index (χ2n) is 6.20. The minimum absolute atomic E-state index is 0.0128. The lowest BCUT2D eigenvalue weighted by molar-refractivity contribution is -0.116. The van der Waals surface area contributed by atoms with Crippen LogP contribution in [-0.2, 0) is 11.2 Å². The highest BCUT2D eigenvalue weighted by Gasteiger charge is 2.13. The summed E-state index contributed by atoms with van der Waals surface area (Å²) in [7, 11) is 0. The van der Waals surface area contributed by atoms with Gasteiger partial charge >= 0.3 is 5.63 Å². The van der Waals surface area contributed by atoms with Gasteiger partial charge in [-0.2, -0.15) is 0 Å². The fourth-order valence-electron chi connectivity index (χ4n) is 2.88. The molecule has 0 saturated carbocycles. The Morgan fingerprint density at radius 3 is 2.46 bits per heavy atom. The van der Waals surface area contributed by atoms with Crippen molar-refractivity contribution in [2.75, 3.05) is 5.32 Å². The first-order valence-electron chi connectivity index (χ1n) is 8.12. The average molecular weight is 357 g/mol. The summed E-state index contributed by atoms with van der Waals surface area (Å²) in [6.45, 7) is 3.71. The molecule has 0 atom stereocenters. The number of halogens is 2. The Morgan fingerprint density at radius 2 is 1.77 bits per heavy atom. The van der Waals surface area contributed by atoms with Gasteiger partial charge in [-0.15, -0.1) is 0 Å². The minimum Gasteiger partial charge on any atom is -0.423 e. The lowest BCUT2D eigenvalue weighted by atomic mass is 10.0.